The number of benzene rings is 2. The first-order valence-corrected chi connectivity index (χ1v) is 12.9. The summed E-state index contributed by atoms with van der Waals surface area (Å²) in [5, 5.41) is 3.13. The maximum absolute atomic E-state index is 13.7. The Balaban J connectivity index is 1.73. The molecule has 0 bridgehead atoms. The number of anilines is 1. The number of nitrogens with one attached hydrogen (secondary N) is 1. The molecule has 1 aliphatic heterocycles. The summed E-state index contributed by atoms with van der Waals surface area (Å²) in [6, 6.07) is 15.5. The van der Waals surface area contributed by atoms with Crippen molar-refractivity contribution in [3.63, 3.8) is 0 Å². The lowest BCUT2D eigenvalue weighted by Gasteiger charge is -2.47. The molecule has 1 heterocycles. The van der Waals surface area contributed by atoms with Gasteiger partial charge in [0.2, 0.25) is 21.8 Å². The highest BCUT2D eigenvalue weighted by molar-refractivity contribution is 7.89. The minimum atomic E-state index is -3.94. The van der Waals surface area contributed by atoms with Gasteiger partial charge in [-0.1, -0.05) is 55.7 Å². The molecule has 1 saturated heterocycles. The fourth-order valence-corrected chi connectivity index (χ4v) is 6.35. The minimum Gasteiger partial charge on any atom is -0.351 e. The standard InChI is InChI=1S/C25H31N3O4S/c1-19-11-9-10-16-22(19)28-23(29)17-27(33(31,32)21-14-7-4-8-15-21)18-25(28,2)24(30)26-20-12-5-3-6-13-20/h4,7-11,14-16,20H,3,5-6,12-13,17-18H2,1-2H3,(H,26,30). The zero-order chi connectivity index (χ0) is 23.6. The largest absolute Gasteiger partial charge is 0.351 e. The Morgan fingerprint density at radius 2 is 1.64 bits per heavy atom. The molecule has 1 unspecified atom stereocenters. The van der Waals surface area contributed by atoms with Crippen LogP contribution in [0.5, 0.6) is 0 Å². The average molecular weight is 470 g/mol. The van der Waals surface area contributed by atoms with Gasteiger partial charge in [-0.25, -0.2) is 8.42 Å². The Morgan fingerprint density at radius 3 is 2.30 bits per heavy atom. The van der Waals surface area contributed by atoms with E-state index in [0.29, 0.717) is 5.69 Å². The molecule has 2 aromatic carbocycles. The average Bonchev–Trinajstić information content (AvgIpc) is 2.81. The number of aryl methyl sites for hydroxylation is 1. The molecule has 1 N–H and O–H groups in total. The van der Waals surface area contributed by atoms with Gasteiger partial charge in [0, 0.05) is 18.3 Å². The van der Waals surface area contributed by atoms with Gasteiger partial charge in [-0.15, -0.1) is 0 Å². The van der Waals surface area contributed by atoms with Crippen molar-refractivity contribution in [2.45, 2.75) is 62.4 Å². The molecule has 0 aromatic heterocycles. The van der Waals surface area contributed by atoms with E-state index in [1.54, 1.807) is 31.2 Å². The Hall–Kier alpha value is -2.71. The van der Waals surface area contributed by atoms with Crippen molar-refractivity contribution in [3.8, 4) is 0 Å². The quantitative estimate of drug-likeness (QED) is 0.728. The number of carbonyl (C=O) groups is 2. The molecular weight excluding hydrogens is 438 g/mol. The van der Waals surface area contributed by atoms with Gasteiger partial charge in [-0.05, 0) is 50.5 Å². The number of nitrogens with zero attached hydrogens (tertiary/aromatic N) is 2. The molecule has 0 spiro atoms. The first-order valence-electron chi connectivity index (χ1n) is 11.5. The molecule has 2 amide bonds. The molecule has 0 radical (unpaired) electrons. The van der Waals surface area contributed by atoms with Crippen LogP contribution in [0.15, 0.2) is 59.5 Å². The third kappa shape index (κ3) is 4.54. The van der Waals surface area contributed by atoms with Crippen LogP contribution < -0.4 is 10.2 Å². The summed E-state index contributed by atoms with van der Waals surface area (Å²) in [7, 11) is -3.94. The van der Waals surface area contributed by atoms with Crippen LogP contribution in [0, 0.1) is 6.92 Å². The first kappa shape index (κ1) is 23.4. The van der Waals surface area contributed by atoms with Gasteiger partial charge in [-0.3, -0.25) is 14.5 Å². The van der Waals surface area contributed by atoms with E-state index in [-0.39, 0.29) is 29.9 Å². The highest BCUT2D eigenvalue weighted by Gasteiger charge is 2.51. The number of rotatable bonds is 5. The molecule has 1 saturated carbocycles. The van der Waals surface area contributed by atoms with E-state index in [1.165, 1.54) is 17.0 Å². The molecule has 2 aromatic rings. The molecule has 7 nitrogen and oxygen atoms in total. The third-order valence-corrected chi connectivity index (χ3v) is 8.51. The second-order valence-corrected chi connectivity index (χ2v) is 11.1. The zero-order valence-corrected chi connectivity index (χ0v) is 20.0. The molecule has 4 rings (SSSR count). The fourth-order valence-electron chi connectivity index (χ4n) is 4.85. The van der Waals surface area contributed by atoms with Gasteiger partial charge in [0.15, 0.2) is 0 Å². The smallest absolute Gasteiger partial charge is 0.247 e. The second-order valence-electron chi connectivity index (χ2n) is 9.18. The van der Waals surface area contributed by atoms with E-state index in [0.717, 1.165) is 42.0 Å². The number of hydrogen-bond acceptors (Lipinski definition) is 4. The molecule has 2 aliphatic rings. The van der Waals surface area contributed by atoms with Gasteiger partial charge in [-0.2, -0.15) is 4.31 Å². The Morgan fingerprint density at radius 1 is 1.00 bits per heavy atom. The number of para-hydroxylation sites is 1. The van der Waals surface area contributed by atoms with Crippen LogP contribution in [0.1, 0.15) is 44.6 Å². The normalized spacial score (nSPS) is 22.8. The molecule has 2 fully saturated rings. The van der Waals surface area contributed by atoms with Crippen molar-refractivity contribution in [2.24, 2.45) is 0 Å². The van der Waals surface area contributed by atoms with Crippen molar-refractivity contribution in [2.75, 3.05) is 18.0 Å². The number of sulfonamides is 1. The predicted molar refractivity (Wildman–Crippen MR) is 127 cm³/mol. The van der Waals surface area contributed by atoms with Crippen LogP contribution in [0.2, 0.25) is 0 Å². The van der Waals surface area contributed by atoms with Crippen molar-refractivity contribution in [3.05, 3.63) is 60.2 Å². The number of carbonyl (C=O) groups excluding carboxylic acids is 2. The lowest BCUT2D eigenvalue weighted by molar-refractivity contribution is -0.133. The SMILES string of the molecule is Cc1ccccc1N1C(=O)CN(S(=O)(=O)c2ccccc2)CC1(C)C(=O)NC1CCCCC1. The number of amides is 2. The van der Waals surface area contributed by atoms with Crippen LogP contribution in [-0.2, 0) is 19.6 Å². The van der Waals surface area contributed by atoms with E-state index < -0.39 is 21.5 Å². The first-order chi connectivity index (χ1) is 15.7. The van der Waals surface area contributed by atoms with Gasteiger partial charge < -0.3 is 5.32 Å². The summed E-state index contributed by atoms with van der Waals surface area (Å²) in [6.45, 7) is 3.11. The summed E-state index contributed by atoms with van der Waals surface area (Å²) in [6.07, 6.45) is 5.05. The Labute approximate surface area is 195 Å². The summed E-state index contributed by atoms with van der Waals surface area (Å²) in [4.78, 5) is 28.8. The summed E-state index contributed by atoms with van der Waals surface area (Å²) in [5.74, 6) is -0.740. The van der Waals surface area contributed by atoms with E-state index in [9.17, 15) is 18.0 Å². The zero-order valence-electron chi connectivity index (χ0n) is 19.2. The van der Waals surface area contributed by atoms with Crippen molar-refractivity contribution in [1.82, 2.24) is 9.62 Å². The molecule has 33 heavy (non-hydrogen) atoms. The highest BCUT2D eigenvalue weighted by Crippen LogP contribution is 2.34. The topological polar surface area (TPSA) is 86.8 Å². The lowest BCUT2D eigenvalue weighted by atomic mass is 9.91. The van der Waals surface area contributed by atoms with Crippen molar-refractivity contribution >= 4 is 27.5 Å². The number of piperazine rings is 1. The summed E-state index contributed by atoms with van der Waals surface area (Å²) < 4.78 is 27.9. The molecule has 176 valence electrons. The van der Waals surface area contributed by atoms with Crippen LogP contribution in [0.25, 0.3) is 0 Å². The third-order valence-electron chi connectivity index (χ3n) is 6.71. The minimum absolute atomic E-state index is 0.0398. The highest BCUT2D eigenvalue weighted by atomic mass is 32.2. The molecule has 1 aliphatic carbocycles. The van der Waals surface area contributed by atoms with Crippen LogP contribution in [0.3, 0.4) is 0 Å². The van der Waals surface area contributed by atoms with Crippen LogP contribution >= 0.6 is 0 Å². The summed E-state index contributed by atoms with van der Waals surface area (Å²) in [5.41, 5.74) is 0.0864. The van der Waals surface area contributed by atoms with E-state index in [4.69, 9.17) is 0 Å². The van der Waals surface area contributed by atoms with Gasteiger partial charge in [0.25, 0.3) is 0 Å². The van der Waals surface area contributed by atoms with Crippen LogP contribution in [0.4, 0.5) is 5.69 Å². The Kier molecular flexibility index (Phi) is 6.59. The maximum Gasteiger partial charge on any atom is 0.247 e. The van der Waals surface area contributed by atoms with Gasteiger partial charge in [0.05, 0.1) is 11.4 Å². The lowest BCUT2D eigenvalue weighted by Crippen LogP contribution is -2.71. The Bertz CT molecular complexity index is 1130. The monoisotopic (exact) mass is 469 g/mol. The molecule has 8 heteroatoms. The van der Waals surface area contributed by atoms with Gasteiger partial charge in [0.1, 0.15) is 5.54 Å². The summed E-state index contributed by atoms with van der Waals surface area (Å²) >= 11 is 0. The van der Waals surface area contributed by atoms with E-state index in [1.807, 2.05) is 25.1 Å². The van der Waals surface area contributed by atoms with E-state index in [2.05, 4.69) is 5.32 Å². The second kappa shape index (κ2) is 9.27. The van der Waals surface area contributed by atoms with Crippen molar-refractivity contribution < 1.29 is 18.0 Å². The fraction of sp³-hybridized carbons (Fsp3) is 0.440. The predicted octanol–water partition coefficient (Wildman–Crippen LogP) is 3.24. The number of hydrogen-bond donors (Lipinski definition) is 1. The van der Waals surface area contributed by atoms with Crippen LogP contribution in [-0.4, -0.2) is 49.2 Å². The van der Waals surface area contributed by atoms with Gasteiger partial charge >= 0.3 is 0 Å². The molecular formula is C25H31N3O4S. The van der Waals surface area contributed by atoms with E-state index >= 15 is 0 Å². The maximum atomic E-state index is 13.7. The van der Waals surface area contributed by atoms with Crippen molar-refractivity contribution in [1.29, 1.82) is 0 Å². The molecule has 1 atom stereocenters.